The van der Waals surface area contributed by atoms with E-state index in [0.29, 0.717) is 48.2 Å². The predicted molar refractivity (Wildman–Crippen MR) is 104 cm³/mol. The SMILES string of the molecule is CCOc1ccc(S(=O)(=O)N2CCCCC2)cc1NC(=O)c1c(C)noc1C. The fourth-order valence-corrected chi connectivity index (χ4v) is 4.84. The van der Waals surface area contributed by atoms with Crippen molar-refractivity contribution in [3.8, 4) is 5.75 Å². The lowest BCUT2D eigenvalue weighted by atomic mass is 10.2. The van der Waals surface area contributed by atoms with Crippen LogP contribution in [0.2, 0.25) is 0 Å². The fraction of sp³-hybridized carbons (Fsp3) is 0.474. The van der Waals surface area contributed by atoms with E-state index in [9.17, 15) is 13.2 Å². The molecule has 152 valence electrons. The van der Waals surface area contributed by atoms with Gasteiger partial charge in [-0.25, -0.2) is 8.42 Å². The Morgan fingerprint density at radius 3 is 2.57 bits per heavy atom. The first-order valence-corrected chi connectivity index (χ1v) is 10.8. The van der Waals surface area contributed by atoms with Crippen LogP contribution in [-0.4, -0.2) is 43.5 Å². The molecule has 1 aromatic carbocycles. The van der Waals surface area contributed by atoms with Gasteiger partial charge < -0.3 is 14.6 Å². The van der Waals surface area contributed by atoms with Crippen LogP contribution in [0, 0.1) is 13.8 Å². The summed E-state index contributed by atoms with van der Waals surface area (Å²) >= 11 is 0. The van der Waals surface area contributed by atoms with Crippen molar-refractivity contribution in [2.24, 2.45) is 0 Å². The summed E-state index contributed by atoms with van der Waals surface area (Å²) < 4.78 is 38.1. The van der Waals surface area contributed by atoms with E-state index >= 15 is 0 Å². The summed E-state index contributed by atoms with van der Waals surface area (Å²) in [6.45, 7) is 6.54. The van der Waals surface area contributed by atoms with Gasteiger partial charge >= 0.3 is 0 Å². The van der Waals surface area contributed by atoms with Crippen molar-refractivity contribution in [2.45, 2.75) is 44.9 Å². The minimum atomic E-state index is -3.63. The largest absolute Gasteiger partial charge is 0.492 e. The maximum Gasteiger partial charge on any atom is 0.261 e. The molecule has 1 saturated heterocycles. The van der Waals surface area contributed by atoms with E-state index in [1.165, 1.54) is 16.4 Å². The highest BCUT2D eigenvalue weighted by Crippen LogP contribution is 2.31. The number of nitrogens with zero attached hydrogens (tertiary/aromatic N) is 2. The normalized spacial score (nSPS) is 15.4. The summed E-state index contributed by atoms with van der Waals surface area (Å²) in [5, 5.41) is 6.53. The number of aromatic nitrogens is 1. The number of nitrogens with one attached hydrogen (secondary N) is 1. The summed E-state index contributed by atoms with van der Waals surface area (Å²) in [5.41, 5.74) is 1.08. The standard InChI is InChI=1S/C19H25N3O5S/c1-4-26-17-9-8-15(28(24,25)22-10-6-5-7-11-22)12-16(17)20-19(23)18-13(2)21-27-14(18)3/h8-9,12H,4-7,10-11H2,1-3H3,(H,20,23). The number of rotatable bonds is 6. The number of sulfonamides is 1. The first-order chi connectivity index (χ1) is 13.3. The third-order valence-electron chi connectivity index (χ3n) is 4.71. The first-order valence-electron chi connectivity index (χ1n) is 9.35. The monoisotopic (exact) mass is 407 g/mol. The minimum absolute atomic E-state index is 0.131. The van der Waals surface area contributed by atoms with E-state index in [2.05, 4.69) is 10.5 Å². The molecule has 1 aliphatic heterocycles. The lowest BCUT2D eigenvalue weighted by Gasteiger charge is -2.26. The average molecular weight is 407 g/mol. The molecule has 1 amide bonds. The van der Waals surface area contributed by atoms with Gasteiger partial charge in [0.05, 0.1) is 22.9 Å². The second-order valence-electron chi connectivity index (χ2n) is 6.71. The molecule has 0 saturated carbocycles. The van der Waals surface area contributed by atoms with E-state index in [1.54, 1.807) is 19.9 Å². The Kier molecular flexibility index (Phi) is 6.04. The second-order valence-corrected chi connectivity index (χ2v) is 8.65. The molecule has 1 fully saturated rings. The number of piperidine rings is 1. The molecule has 0 atom stereocenters. The predicted octanol–water partition coefficient (Wildman–Crippen LogP) is 3.12. The number of benzene rings is 1. The van der Waals surface area contributed by atoms with E-state index in [4.69, 9.17) is 9.26 Å². The number of hydrogen-bond donors (Lipinski definition) is 1. The molecule has 1 aliphatic rings. The van der Waals surface area contributed by atoms with E-state index in [-0.39, 0.29) is 4.90 Å². The lowest BCUT2D eigenvalue weighted by Crippen LogP contribution is -2.35. The van der Waals surface area contributed by atoms with Crippen LogP contribution in [0.25, 0.3) is 0 Å². The van der Waals surface area contributed by atoms with Crippen LogP contribution < -0.4 is 10.1 Å². The maximum absolute atomic E-state index is 13.0. The van der Waals surface area contributed by atoms with Crippen molar-refractivity contribution < 1.29 is 22.5 Å². The molecule has 8 nitrogen and oxygen atoms in total. The minimum Gasteiger partial charge on any atom is -0.492 e. The topological polar surface area (TPSA) is 102 Å². The van der Waals surface area contributed by atoms with Crippen LogP contribution in [0.5, 0.6) is 5.75 Å². The van der Waals surface area contributed by atoms with Crippen molar-refractivity contribution in [3.05, 3.63) is 35.2 Å². The molecular weight excluding hydrogens is 382 g/mol. The molecule has 0 spiro atoms. The lowest BCUT2D eigenvalue weighted by molar-refractivity contribution is 0.102. The summed E-state index contributed by atoms with van der Waals surface area (Å²) in [4.78, 5) is 12.8. The highest BCUT2D eigenvalue weighted by Gasteiger charge is 2.27. The number of anilines is 1. The molecule has 1 N–H and O–H groups in total. The highest BCUT2D eigenvalue weighted by molar-refractivity contribution is 7.89. The highest BCUT2D eigenvalue weighted by atomic mass is 32.2. The van der Waals surface area contributed by atoms with Gasteiger partial charge in [0.2, 0.25) is 10.0 Å². The summed E-state index contributed by atoms with van der Waals surface area (Å²) in [6.07, 6.45) is 2.74. The molecule has 0 radical (unpaired) electrons. The van der Waals surface area contributed by atoms with Gasteiger partial charge in [-0.2, -0.15) is 4.31 Å². The van der Waals surface area contributed by atoms with Gasteiger partial charge in [-0.3, -0.25) is 4.79 Å². The Balaban J connectivity index is 1.95. The van der Waals surface area contributed by atoms with E-state index in [1.807, 2.05) is 6.92 Å². The van der Waals surface area contributed by atoms with Gasteiger partial charge in [0, 0.05) is 13.1 Å². The molecule has 9 heteroatoms. The Labute approximate surface area is 164 Å². The summed E-state index contributed by atoms with van der Waals surface area (Å²) in [5.74, 6) is 0.370. The molecule has 0 bridgehead atoms. The van der Waals surface area contributed by atoms with Crippen LogP contribution >= 0.6 is 0 Å². The first kappa shape index (κ1) is 20.3. The number of hydrogen-bond acceptors (Lipinski definition) is 6. The van der Waals surface area contributed by atoms with Gasteiger partial charge in [-0.05, 0) is 51.8 Å². The third-order valence-corrected chi connectivity index (χ3v) is 6.61. The summed E-state index contributed by atoms with van der Waals surface area (Å²) in [7, 11) is -3.63. The Morgan fingerprint density at radius 1 is 1.25 bits per heavy atom. The van der Waals surface area contributed by atoms with Crippen molar-refractivity contribution in [2.75, 3.05) is 25.0 Å². The number of carbonyl (C=O) groups is 1. The molecule has 2 heterocycles. The smallest absolute Gasteiger partial charge is 0.261 e. The van der Waals surface area contributed by atoms with Crippen molar-refractivity contribution >= 4 is 21.6 Å². The zero-order valence-corrected chi connectivity index (χ0v) is 17.1. The molecule has 0 aliphatic carbocycles. The van der Waals surface area contributed by atoms with Crippen LogP contribution in [0.4, 0.5) is 5.69 Å². The zero-order chi connectivity index (χ0) is 20.3. The van der Waals surface area contributed by atoms with Crippen LogP contribution in [0.3, 0.4) is 0 Å². The van der Waals surface area contributed by atoms with Gasteiger partial charge in [-0.1, -0.05) is 11.6 Å². The molecule has 0 unspecified atom stereocenters. The Hall–Kier alpha value is -2.39. The summed E-state index contributed by atoms with van der Waals surface area (Å²) in [6, 6.07) is 4.54. The van der Waals surface area contributed by atoms with Crippen LogP contribution in [-0.2, 0) is 10.0 Å². The maximum atomic E-state index is 13.0. The molecular formula is C19H25N3O5S. The molecule has 1 aromatic heterocycles. The van der Waals surface area contributed by atoms with E-state index in [0.717, 1.165) is 19.3 Å². The second kappa shape index (κ2) is 8.32. The quantitative estimate of drug-likeness (QED) is 0.789. The Morgan fingerprint density at radius 2 is 1.96 bits per heavy atom. The Bertz CT molecular complexity index is 942. The third kappa shape index (κ3) is 4.05. The molecule has 28 heavy (non-hydrogen) atoms. The van der Waals surface area contributed by atoms with Crippen molar-refractivity contribution in [3.63, 3.8) is 0 Å². The van der Waals surface area contributed by atoms with Crippen LogP contribution in [0.15, 0.2) is 27.6 Å². The van der Waals surface area contributed by atoms with E-state index < -0.39 is 15.9 Å². The number of ether oxygens (including phenoxy) is 1. The number of carbonyl (C=O) groups excluding carboxylic acids is 1. The van der Waals surface area contributed by atoms with Crippen molar-refractivity contribution in [1.29, 1.82) is 0 Å². The average Bonchev–Trinajstić information content (AvgIpc) is 3.02. The molecule has 2 aromatic rings. The van der Waals surface area contributed by atoms with Gasteiger partial charge in [0.25, 0.3) is 5.91 Å². The fourth-order valence-electron chi connectivity index (χ4n) is 3.29. The zero-order valence-electron chi connectivity index (χ0n) is 16.3. The van der Waals surface area contributed by atoms with Crippen molar-refractivity contribution in [1.82, 2.24) is 9.46 Å². The van der Waals surface area contributed by atoms with Crippen LogP contribution in [0.1, 0.15) is 48.0 Å². The van der Waals surface area contributed by atoms with Gasteiger partial charge in [-0.15, -0.1) is 0 Å². The number of aryl methyl sites for hydroxylation is 2. The molecule has 3 rings (SSSR count). The van der Waals surface area contributed by atoms with Gasteiger partial charge in [0.15, 0.2) is 0 Å². The number of amides is 1. The van der Waals surface area contributed by atoms with Gasteiger partial charge in [0.1, 0.15) is 17.1 Å².